The zero-order valence-corrected chi connectivity index (χ0v) is 14.3. The lowest BCUT2D eigenvalue weighted by atomic mass is 10.0. The average molecular weight is 323 g/mol. The van der Waals surface area contributed by atoms with Crippen molar-refractivity contribution in [1.29, 1.82) is 0 Å². The molecule has 6 nitrogen and oxygen atoms in total. The van der Waals surface area contributed by atoms with Crippen molar-refractivity contribution < 1.29 is 24.2 Å². The molecule has 0 fully saturated rings. The SMILES string of the molecule is COc1cccc(OC(C)(C)C(=O)NC(CC(C)C)C(=O)O)c1. The summed E-state index contributed by atoms with van der Waals surface area (Å²) in [5, 5.41) is 11.8. The molecule has 128 valence electrons. The van der Waals surface area contributed by atoms with E-state index in [1.165, 1.54) is 0 Å². The maximum Gasteiger partial charge on any atom is 0.326 e. The highest BCUT2D eigenvalue weighted by Crippen LogP contribution is 2.23. The van der Waals surface area contributed by atoms with Gasteiger partial charge in [-0.05, 0) is 38.3 Å². The number of carboxylic acid groups (broad SMARTS) is 1. The van der Waals surface area contributed by atoms with Crippen LogP contribution in [0, 0.1) is 5.92 Å². The smallest absolute Gasteiger partial charge is 0.326 e. The number of carboxylic acids is 1. The lowest BCUT2D eigenvalue weighted by Crippen LogP contribution is -2.52. The van der Waals surface area contributed by atoms with Gasteiger partial charge in [0.25, 0.3) is 5.91 Å². The maximum atomic E-state index is 12.4. The normalized spacial score (nSPS) is 12.6. The van der Waals surface area contributed by atoms with E-state index >= 15 is 0 Å². The van der Waals surface area contributed by atoms with Gasteiger partial charge in [-0.25, -0.2) is 4.79 Å². The average Bonchev–Trinajstić information content (AvgIpc) is 2.45. The van der Waals surface area contributed by atoms with Gasteiger partial charge in [0.2, 0.25) is 0 Å². The Kier molecular flexibility index (Phi) is 6.42. The number of benzene rings is 1. The second-order valence-corrected chi connectivity index (χ2v) is 6.29. The van der Waals surface area contributed by atoms with E-state index < -0.39 is 23.5 Å². The van der Waals surface area contributed by atoms with Crippen LogP contribution in [-0.2, 0) is 9.59 Å². The fourth-order valence-electron chi connectivity index (χ4n) is 2.03. The summed E-state index contributed by atoms with van der Waals surface area (Å²) in [7, 11) is 1.54. The van der Waals surface area contributed by atoms with E-state index in [-0.39, 0.29) is 5.92 Å². The Labute approximate surface area is 136 Å². The molecule has 1 unspecified atom stereocenters. The maximum absolute atomic E-state index is 12.4. The minimum Gasteiger partial charge on any atom is -0.497 e. The Morgan fingerprint density at radius 1 is 1.26 bits per heavy atom. The third-order valence-corrected chi connectivity index (χ3v) is 3.27. The van der Waals surface area contributed by atoms with E-state index in [2.05, 4.69) is 5.32 Å². The summed E-state index contributed by atoms with van der Waals surface area (Å²) in [4.78, 5) is 23.7. The number of nitrogens with one attached hydrogen (secondary N) is 1. The Hall–Kier alpha value is -2.24. The van der Waals surface area contributed by atoms with Crippen LogP contribution in [0.2, 0.25) is 0 Å². The Bertz CT molecular complexity index is 554. The molecule has 1 atom stereocenters. The first-order valence-corrected chi connectivity index (χ1v) is 7.52. The lowest BCUT2D eigenvalue weighted by molar-refractivity contribution is -0.145. The summed E-state index contributed by atoms with van der Waals surface area (Å²) in [6.07, 6.45) is 0.357. The number of rotatable bonds is 8. The van der Waals surface area contributed by atoms with Crippen molar-refractivity contribution in [2.24, 2.45) is 5.92 Å². The molecule has 1 aromatic carbocycles. The summed E-state index contributed by atoms with van der Waals surface area (Å²) in [5.74, 6) is -0.293. The van der Waals surface area contributed by atoms with Crippen LogP contribution in [0.25, 0.3) is 0 Å². The molecule has 23 heavy (non-hydrogen) atoms. The first-order valence-electron chi connectivity index (χ1n) is 7.52. The number of amides is 1. The van der Waals surface area contributed by atoms with Crippen LogP contribution in [0.4, 0.5) is 0 Å². The van der Waals surface area contributed by atoms with Gasteiger partial charge >= 0.3 is 5.97 Å². The molecular formula is C17H25NO5. The van der Waals surface area contributed by atoms with Crippen LogP contribution in [0.3, 0.4) is 0 Å². The molecule has 0 spiro atoms. The summed E-state index contributed by atoms with van der Waals surface area (Å²) in [6.45, 7) is 6.99. The summed E-state index contributed by atoms with van der Waals surface area (Å²) >= 11 is 0. The van der Waals surface area contributed by atoms with Crippen LogP contribution in [-0.4, -0.2) is 35.7 Å². The highest BCUT2D eigenvalue weighted by molar-refractivity contribution is 5.89. The molecule has 0 bridgehead atoms. The zero-order valence-electron chi connectivity index (χ0n) is 14.3. The number of aliphatic carboxylic acids is 1. The molecule has 0 aliphatic heterocycles. The Morgan fingerprint density at radius 2 is 1.87 bits per heavy atom. The van der Waals surface area contributed by atoms with Crippen molar-refractivity contribution in [2.45, 2.75) is 45.8 Å². The predicted molar refractivity (Wildman–Crippen MR) is 86.7 cm³/mol. The number of carbonyl (C=O) groups excluding carboxylic acids is 1. The first kappa shape index (κ1) is 18.8. The van der Waals surface area contributed by atoms with E-state index in [9.17, 15) is 14.7 Å². The lowest BCUT2D eigenvalue weighted by Gasteiger charge is -2.27. The highest BCUT2D eigenvalue weighted by atomic mass is 16.5. The topological polar surface area (TPSA) is 84.9 Å². The summed E-state index contributed by atoms with van der Waals surface area (Å²) in [6, 6.07) is 5.96. The molecule has 0 aromatic heterocycles. The van der Waals surface area contributed by atoms with Gasteiger partial charge in [0.1, 0.15) is 17.5 Å². The Morgan fingerprint density at radius 3 is 2.39 bits per heavy atom. The molecule has 0 heterocycles. The van der Waals surface area contributed by atoms with Gasteiger partial charge in [-0.1, -0.05) is 19.9 Å². The molecule has 2 N–H and O–H groups in total. The molecule has 0 aliphatic rings. The number of methoxy groups -OCH3 is 1. The third-order valence-electron chi connectivity index (χ3n) is 3.27. The van der Waals surface area contributed by atoms with Gasteiger partial charge in [-0.2, -0.15) is 0 Å². The van der Waals surface area contributed by atoms with Crippen molar-refractivity contribution in [1.82, 2.24) is 5.32 Å². The van der Waals surface area contributed by atoms with Gasteiger partial charge in [-0.15, -0.1) is 0 Å². The molecule has 1 rings (SSSR count). The van der Waals surface area contributed by atoms with E-state index in [0.29, 0.717) is 17.9 Å². The number of ether oxygens (including phenoxy) is 2. The first-order chi connectivity index (χ1) is 10.7. The molecule has 1 amide bonds. The summed E-state index contributed by atoms with van der Waals surface area (Å²) < 4.78 is 10.8. The van der Waals surface area contributed by atoms with Crippen LogP contribution in [0.5, 0.6) is 11.5 Å². The molecular weight excluding hydrogens is 298 g/mol. The fraction of sp³-hybridized carbons (Fsp3) is 0.529. The van der Waals surface area contributed by atoms with E-state index in [1.54, 1.807) is 45.2 Å². The van der Waals surface area contributed by atoms with Crippen LogP contribution >= 0.6 is 0 Å². The molecule has 1 aromatic rings. The van der Waals surface area contributed by atoms with E-state index in [1.807, 2.05) is 13.8 Å². The van der Waals surface area contributed by atoms with Crippen molar-refractivity contribution >= 4 is 11.9 Å². The minimum atomic E-state index is -1.21. The van der Waals surface area contributed by atoms with Gasteiger partial charge in [0.15, 0.2) is 5.60 Å². The molecule has 0 saturated heterocycles. The largest absolute Gasteiger partial charge is 0.497 e. The van der Waals surface area contributed by atoms with Crippen LogP contribution in [0.1, 0.15) is 34.1 Å². The highest BCUT2D eigenvalue weighted by Gasteiger charge is 2.33. The van der Waals surface area contributed by atoms with Gasteiger partial charge in [0, 0.05) is 6.07 Å². The quantitative estimate of drug-likeness (QED) is 0.767. The second-order valence-electron chi connectivity index (χ2n) is 6.29. The zero-order chi connectivity index (χ0) is 17.6. The molecule has 0 saturated carbocycles. The van der Waals surface area contributed by atoms with Gasteiger partial charge in [-0.3, -0.25) is 4.79 Å². The monoisotopic (exact) mass is 323 g/mol. The second kappa shape index (κ2) is 7.85. The third kappa shape index (κ3) is 5.81. The molecule has 6 heteroatoms. The van der Waals surface area contributed by atoms with Crippen LogP contribution in [0.15, 0.2) is 24.3 Å². The van der Waals surface area contributed by atoms with E-state index in [0.717, 1.165) is 0 Å². The number of hydrogen-bond donors (Lipinski definition) is 2. The molecule has 0 radical (unpaired) electrons. The number of carbonyl (C=O) groups is 2. The van der Waals surface area contributed by atoms with Crippen molar-refractivity contribution in [2.75, 3.05) is 7.11 Å². The standard InChI is InChI=1S/C17H25NO5/c1-11(2)9-14(15(19)20)18-16(21)17(3,4)23-13-8-6-7-12(10-13)22-5/h6-8,10-11,14H,9H2,1-5H3,(H,18,21)(H,19,20). The van der Waals surface area contributed by atoms with Gasteiger partial charge in [0.05, 0.1) is 7.11 Å². The fourth-order valence-corrected chi connectivity index (χ4v) is 2.03. The van der Waals surface area contributed by atoms with Crippen molar-refractivity contribution in [3.63, 3.8) is 0 Å². The van der Waals surface area contributed by atoms with Crippen molar-refractivity contribution in [3.8, 4) is 11.5 Å². The number of hydrogen-bond acceptors (Lipinski definition) is 4. The minimum absolute atomic E-state index is 0.152. The summed E-state index contributed by atoms with van der Waals surface area (Å²) in [5.41, 5.74) is -1.21. The van der Waals surface area contributed by atoms with E-state index in [4.69, 9.17) is 9.47 Å². The molecule has 0 aliphatic carbocycles. The van der Waals surface area contributed by atoms with Gasteiger partial charge < -0.3 is 19.9 Å². The Balaban J connectivity index is 2.80. The predicted octanol–water partition coefficient (Wildman–Crippen LogP) is 2.47. The van der Waals surface area contributed by atoms with Crippen LogP contribution < -0.4 is 14.8 Å². The van der Waals surface area contributed by atoms with Crippen molar-refractivity contribution in [3.05, 3.63) is 24.3 Å².